The highest BCUT2D eigenvalue weighted by Crippen LogP contribution is 2.19. The number of nitrogens with one attached hydrogen (secondary N) is 2. The summed E-state index contributed by atoms with van der Waals surface area (Å²) in [6.45, 7) is 1.74. The minimum atomic E-state index is -0.546. The van der Waals surface area contributed by atoms with Crippen LogP contribution in [0.4, 0.5) is 11.5 Å². The Morgan fingerprint density at radius 2 is 1.68 bits per heavy atom. The van der Waals surface area contributed by atoms with Crippen molar-refractivity contribution in [3.05, 3.63) is 71.9 Å². The van der Waals surface area contributed by atoms with Crippen LogP contribution >= 0.6 is 0 Å². The number of carbonyl (C=O) groups excluding carboxylic acids is 3. The molecular formula is C20H19N5O3. The standard InChI is InChI=1S/C20H19N5O3/c1-2-18(26)23-17-12-16(24-25(17)15-6-4-3-5-7-15)20(28)22-14-10-8-13(9-11-14)19(21)27/h3-12H,2H2,1H3,(H2,21,27)(H,22,28)(H,23,26). The number of para-hydroxylation sites is 1. The summed E-state index contributed by atoms with van der Waals surface area (Å²) in [5.41, 5.74) is 6.88. The van der Waals surface area contributed by atoms with Gasteiger partial charge < -0.3 is 16.4 Å². The molecular weight excluding hydrogens is 358 g/mol. The second-order valence-corrected chi connectivity index (χ2v) is 5.96. The van der Waals surface area contributed by atoms with Gasteiger partial charge in [0.1, 0.15) is 5.82 Å². The van der Waals surface area contributed by atoms with Crippen LogP contribution in [0.3, 0.4) is 0 Å². The van der Waals surface area contributed by atoms with E-state index in [1.165, 1.54) is 22.9 Å². The first-order chi connectivity index (χ1) is 13.5. The summed E-state index contributed by atoms with van der Waals surface area (Å²) in [6.07, 6.45) is 0.299. The Bertz CT molecular complexity index is 1010. The van der Waals surface area contributed by atoms with Gasteiger partial charge >= 0.3 is 0 Å². The molecule has 0 aliphatic rings. The van der Waals surface area contributed by atoms with Gasteiger partial charge in [-0.2, -0.15) is 5.10 Å². The third-order valence-corrected chi connectivity index (χ3v) is 3.96. The molecule has 4 N–H and O–H groups in total. The predicted molar refractivity (Wildman–Crippen MR) is 105 cm³/mol. The van der Waals surface area contributed by atoms with Crippen LogP contribution in [-0.4, -0.2) is 27.5 Å². The Labute approximate surface area is 161 Å². The zero-order valence-corrected chi connectivity index (χ0v) is 15.2. The van der Waals surface area contributed by atoms with E-state index in [1.807, 2.05) is 30.3 Å². The summed E-state index contributed by atoms with van der Waals surface area (Å²) in [4.78, 5) is 35.6. The molecule has 8 heteroatoms. The van der Waals surface area contributed by atoms with E-state index in [0.29, 0.717) is 29.2 Å². The molecule has 3 aromatic rings. The molecule has 0 bridgehead atoms. The Kier molecular flexibility index (Phi) is 5.50. The van der Waals surface area contributed by atoms with Gasteiger partial charge in [-0.15, -0.1) is 0 Å². The van der Waals surface area contributed by atoms with Crippen LogP contribution in [-0.2, 0) is 4.79 Å². The van der Waals surface area contributed by atoms with Gasteiger partial charge in [0.15, 0.2) is 5.69 Å². The van der Waals surface area contributed by atoms with Crippen molar-refractivity contribution in [2.45, 2.75) is 13.3 Å². The second kappa shape index (κ2) is 8.17. The quantitative estimate of drug-likeness (QED) is 0.611. The molecule has 28 heavy (non-hydrogen) atoms. The number of nitrogens with zero attached hydrogens (tertiary/aromatic N) is 2. The number of rotatable bonds is 6. The highest BCUT2D eigenvalue weighted by atomic mass is 16.2. The van der Waals surface area contributed by atoms with Crippen molar-refractivity contribution in [1.29, 1.82) is 0 Å². The number of carbonyl (C=O) groups is 3. The number of hydrogen-bond donors (Lipinski definition) is 3. The summed E-state index contributed by atoms with van der Waals surface area (Å²) in [5, 5.41) is 9.78. The molecule has 3 rings (SSSR count). The summed E-state index contributed by atoms with van der Waals surface area (Å²) in [5.74, 6) is -0.789. The first-order valence-corrected chi connectivity index (χ1v) is 8.64. The van der Waals surface area contributed by atoms with E-state index in [0.717, 1.165) is 0 Å². The summed E-state index contributed by atoms with van der Waals surface area (Å²) >= 11 is 0. The lowest BCUT2D eigenvalue weighted by Gasteiger charge is -2.07. The van der Waals surface area contributed by atoms with Gasteiger partial charge in [0, 0.05) is 23.7 Å². The molecule has 0 aliphatic heterocycles. The van der Waals surface area contributed by atoms with Crippen molar-refractivity contribution in [2.24, 2.45) is 5.73 Å². The molecule has 1 aromatic heterocycles. The maximum absolute atomic E-state index is 12.6. The summed E-state index contributed by atoms with van der Waals surface area (Å²) < 4.78 is 1.50. The van der Waals surface area contributed by atoms with Gasteiger partial charge in [-0.1, -0.05) is 25.1 Å². The predicted octanol–water partition coefficient (Wildman–Crippen LogP) is 2.57. The fourth-order valence-electron chi connectivity index (χ4n) is 2.49. The zero-order valence-electron chi connectivity index (χ0n) is 15.2. The molecule has 0 atom stereocenters. The van der Waals surface area contributed by atoms with Gasteiger partial charge in [-0.3, -0.25) is 14.4 Å². The first kappa shape index (κ1) is 18.8. The van der Waals surface area contributed by atoms with Crippen molar-refractivity contribution in [2.75, 3.05) is 10.6 Å². The molecule has 0 saturated carbocycles. The SMILES string of the molecule is CCC(=O)Nc1cc(C(=O)Nc2ccc(C(N)=O)cc2)nn1-c1ccccc1. The lowest BCUT2D eigenvalue weighted by atomic mass is 10.2. The normalized spacial score (nSPS) is 10.3. The third kappa shape index (κ3) is 4.24. The molecule has 0 aliphatic carbocycles. The zero-order chi connectivity index (χ0) is 20.1. The van der Waals surface area contributed by atoms with Crippen molar-refractivity contribution in [3.8, 4) is 5.69 Å². The van der Waals surface area contributed by atoms with Crippen LogP contribution in [0.25, 0.3) is 5.69 Å². The van der Waals surface area contributed by atoms with Crippen LogP contribution in [0.15, 0.2) is 60.7 Å². The number of amides is 3. The Morgan fingerprint density at radius 1 is 1.00 bits per heavy atom. The molecule has 1 heterocycles. The third-order valence-electron chi connectivity index (χ3n) is 3.96. The number of hydrogen-bond acceptors (Lipinski definition) is 4. The fourth-order valence-corrected chi connectivity index (χ4v) is 2.49. The van der Waals surface area contributed by atoms with Crippen molar-refractivity contribution in [1.82, 2.24) is 9.78 Å². The van der Waals surface area contributed by atoms with E-state index < -0.39 is 11.8 Å². The number of aromatic nitrogens is 2. The smallest absolute Gasteiger partial charge is 0.276 e. The monoisotopic (exact) mass is 377 g/mol. The topological polar surface area (TPSA) is 119 Å². The molecule has 142 valence electrons. The highest BCUT2D eigenvalue weighted by molar-refractivity contribution is 6.04. The molecule has 0 radical (unpaired) electrons. The second-order valence-electron chi connectivity index (χ2n) is 5.96. The Balaban J connectivity index is 1.87. The molecule has 2 aromatic carbocycles. The lowest BCUT2D eigenvalue weighted by Crippen LogP contribution is -2.14. The van der Waals surface area contributed by atoms with Crippen LogP contribution < -0.4 is 16.4 Å². The first-order valence-electron chi connectivity index (χ1n) is 8.64. The maximum atomic E-state index is 12.6. The number of anilines is 2. The van der Waals surface area contributed by atoms with E-state index in [1.54, 1.807) is 19.1 Å². The van der Waals surface area contributed by atoms with Crippen molar-refractivity contribution >= 4 is 29.2 Å². The molecule has 0 saturated heterocycles. The van der Waals surface area contributed by atoms with Gasteiger partial charge in [-0.25, -0.2) is 4.68 Å². The van der Waals surface area contributed by atoms with E-state index in [2.05, 4.69) is 15.7 Å². The van der Waals surface area contributed by atoms with Gasteiger partial charge in [0.25, 0.3) is 5.91 Å². The van der Waals surface area contributed by atoms with Crippen LogP contribution in [0.2, 0.25) is 0 Å². The average molecular weight is 377 g/mol. The van der Waals surface area contributed by atoms with E-state index >= 15 is 0 Å². The molecule has 0 fully saturated rings. The van der Waals surface area contributed by atoms with Crippen molar-refractivity contribution < 1.29 is 14.4 Å². The van der Waals surface area contributed by atoms with Gasteiger partial charge in [0.05, 0.1) is 5.69 Å². The van der Waals surface area contributed by atoms with Crippen molar-refractivity contribution in [3.63, 3.8) is 0 Å². The van der Waals surface area contributed by atoms with Gasteiger partial charge in [-0.05, 0) is 36.4 Å². The molecule has 8 nitrogen and oxygen atoms in total. The Hall–Kier alpha value is -3.94. The van der Waals surface area contributed by atoms with Gasteiger partial charge in [0.2, 0.25) is 11.8 Å². The Morgan fingerprint density at radius 3 is 2.29 bits per heavy atom. The largest absolute Gasteiger partial charge is 0.366 e. The maximum Gasteiger partial charge on any atom is 0.276 e. The minimum absolute atomic E-state index is 0.134. The van der Waals surface area contributed by atoms with Crippen LogP contribution in [0, 0.1) is 0 Å². The molecule has 0 spiro atoms. The fraction of sp³-hybridized carbons (Fsp3) is 0.100. The van der Waals surface area contributed by atoms with Crippen LogP contribution in [0.1, 0.15) is 34.2 Å². The van der Waals surface area contributed by atoms with E-state index in [-0.39, 0.29) is 11.6 Å². The number of primary amides is 1. The average Bonchev–Trinajstić information content (AvgIpc) is 3.13. The summed E-state index contributed by atoms with van der Waals surface area (Å²) in [7, 11) is 0. The summed E-state index contributed by atoms with van der Waals surface area (Å²) in [6, 6.07) is 16.9. The number of nitrogens with two attached hydrogens (primary N) is 1. The van der Waals surface area contributed by atoms with E-state index in [4.69, 9.17) is 5.73 Å². The number of benzene rings is 2. The molecule has 3 amide bonds. The minimum Gasteiger partial charge on any atom is -0.366 e. The van der Waals surface area contributed by atoms with Crippen LogP contribution in [0.5, 0.6) is 0 Å². The highest BCUT2D eigenvalue weighted by Gasteiger charge is 2.17. The van der Waals surface area contributed by atoms with E-state index in [9.17, 15) is 14.4 Å². The molecule has 0 unspecified atom stereocenters. The lowest BCUT2D eigenvalue weighted by molar-refractivity contribution is -0.115.